The molecule has 11 nitrogen and oxygen atoms in total. The van der Waals surface area contributed by atoms with Crippen LogP contribution in [0.25, 0.3) is 11.0 Å². The van der Waals surface area contributed by atoms with E-state index in [-0.39, 0.29) is 38.3 Å². The molecule has 0 amide bonds. The Balaban J connectivity index is 1.92. The van der Waals surface area contributed by atoms with E-state index in [0.717, 1.165) is 9.54 Å². The third-order valence-electron chi connectivity index (χ3n) is 5.93. The lowest BCUT2D eigenvalue weighted by Gasteiger charge is -2.16. The summed E-state index contributed by atoms with van der Waals surface area (Å²) < 4.78 is 64.2. The number of nitrogens with zero attached hydrogens (tertiary/aromatic N) is 3. The van der Waals surface area contributed by atoms with Crippen molar-refractivity contribution in [1.29, 1.82) is 0 Å². The number of ether oxygens (including phenoxy) is 4. The number of imidazole rings is 1. The maximum Gasteiger partial charge on any atom is 0.338 e. The summed E-state index contributed by atoms with van der Waals surface area (Å²) in [5, 5.41) is -0.223. The Bertz CT molecular complexity index is 1670. The van der Waals surface area contributed by atoms with Crippen LogP contribution in [0.3, 0.4) is 0 Å². The number of fused-ring (bicyclic) bond motifs is 1. The molecule has 4 rings (SSSR count). The van der Waals surface area contributed by atoms with Gasteiger partial charge in [-0.1, -0.05) is 0 Å². The fraction of sp³-hybridized carbons (Fsp3) is 0.269. The summed E-state index contributed by atoms with van der Waals surface area (Å²) >= 11 is -1.97. The molecule has 2 heterocycles. The molecule has 0 saturated heterocycles. The largest absolute Gasteiger partial charge is 0.609 e. The minimum absolute atomic E-state index is 0.00113. The molecule has 0 aliphatic heterocycles. The quantitative estimate of drug-likeness (QED) is 0.166. The predicted octanol–water partition coefficient (Wildman–Crippen LogP) is 3.54. The maximum absolute atomic E-state index is 14.2. The molecular weight excluding hydrogens is 546 g/mol. The van der Waals surface area contributed by atoms with E-state index in [1.54, 1.807) is 25.3 Å². The van der Waals surface area contributed by atoms with Crippen molar-refractivity contribution in [3.05, 3.63) is 59.4 Å². The Labute approximate surface area is 228 Å². The number of pyridine rings is 1. The lowest BCUT2D eigenvalue weighted by atomic mass is 10.1. The van der Waals surface area contributed by atoms with Gasteiger partial charge in [0.1, 0.15) is 27.9 Å². The first-order chi connectivity index (χ1) is 18.5. The highest BCUT2D eigenvalue weighted by molar-refractivity contribution is 7.93. The smallest absolute Gasteiger partial charge is 0.338 e. The van der Waals surface area contributed by atoms with Gasteiger partial charge in [0.25, 0.3) is 10.0 Å². The molecule has 0 radical (unpaired) electrons. The van der Waals surface area contributed by atoms with Gasteiger partial charge in [-0.15, -0.1) is 0 Å². The molecule has 0 aliphatic carbocycles. The monoisotopic (exact) mass is 573 g/mol. The van der Waals surface area contributed by atoms with Crippen LogP contribution in [-0.4, -0.2) is 54.2 Å². The number of carbonyl (C=O) groups excluding carboxylic acids is 1. The first-order valence-corrected chi connectivity index (χ1v) is 14.3. The normalized spacial score (nSPS) is 12.3. The number of esters is 1. The lowest BCUT2D eigenvalue weighted by Crippen LogP contribution is -2.21. The van der Waals surface area contributed by atoms with Crippen LogP contribution < -0.4 is 18.9 Å². The Morgan fingerprint density at radius 1 is 1.03 bits per heavy atom. The molecule has 13 heteroatoms. The van der Waals surface area contributed by atoms with Gasteiger partial charge in [0, 0.05) is 47.6 Å². The zero-order valence-corrected chi connectivity index (χ0v) is 23.8. The highest BCUT2D eigenvalue weighted by atomic mass is 32.2. The third kappa shape index (κ3) is 5.37. The Morgan fingerprint density at radius 2 is 1.74 bits per heavy atom. The zero-order chi connectivity index (χ0) is 28.5. The van der Waals surface area contributed by atoms with Crippen LogP contribution in [0.5, 0.6) is 23.0 Å². The molecule has 206 valence electrons. The van der Waals surface area contributed by atoms with E-state index in [1.807, 2.05) is 6.92 Å². The molecule has 39 heavy (non-hydrogen) atoms. The van der Waals surface area contributed by atoms with Crippen molar-refractivity contribution in [2.45, 2.75) is 36.6 Å². The first-order valence-electron chi connectivity index (χ1n) is 11.6. The van der Waals surface area contributed by atoms with Crippen molar-refractivity contribution >= 4 is 38.2 Å². The number of aromatic nitrogens is 3. The second-order valence-corrected chi connectivity index (χ2v) is 11.6. The van der Waals surface area contributed by atoms with Crippen LogP contribution >= 0.6 is 0 Å². The Hall–Kier alpha value is -3.81. The fourth-order valence-corrected chi connectivity index (χ4v) is 7.33. The number of carbonyl (C=O) groups is 1. The van der Waals surface area contributed by atoms with E-state index in [1.165, 1.54) is 52.5 Å². The topological polar surface area (TPSA) is 142 Å². The van der Waals surface area contributed by atoms with Crippen LogP contribution in [0.2, 0.25) is 0 Å². The van der Waals surface area contributed by atoms with E-state index in [2.05, 4.69) is 9.97 Å². The molecule has 2 aromatic heterocycles. The second-order valence-electron chi connectivity index (χ2n) is 8.46. The zero-order valence-electron chi connectivity index (χ0n) is 22.2. The van der Waals surface area contributed by atoms with Gasteiger partial charge in [0.2, 0.25) is 0 Å². The minimum atomic E-state index is -4.48. The third-order valence-corrected chi connectivity index (χ3v) is 8.98. The minimum Gasteiger partial charge on any atom is -0.609 e. The van der Waals surface area contributed by atoms with Crippen LogP contribution in [-0.2, 0) is 31.7 Å². The number of aryl methyl sites for hydroxylation is 1. The summed E-state index contributed by atoms with van der Waals surface area (Å²) in [6.45, 7) is 4.84. The number of hydrogen-bond donors (Lipinski definition) is 0. The Kier molecular flexibility index (Phi) is 8.04. The SMILES string of the molecule is COc1ccc2c(c1)nc([S+]([O-])Cc1ncc(C)c(OC)c1C)n2S(=O)(=O)c1cc(OC(C)=O)ccc1OC. The van der Waals surface area contributed by atoms with Gasteiger partial charge in [-0.25, -0.2) is 8.42 Å². The maximum atomic E-state index is 14.2. The fourth-order valence-electron chi connectivity index (χ4n) is 4.11. The van der Waals surface area contributed by atoms with Crippen LogP contribution in [0.4, 0.5) is 0 Å². The molecule has 4 aromatic rings. The molecular formula is C26H27N3O8S2. The molecule has 0 fully saturated rings. The predicted molar refractivity (Wildman–Crippen MR) is 144 cm³/mol. The van der Waals surface area contributed by atoms with E-state index in [0.29, 0.717) is 22.8 Å². The summed E-state index contributed by atoms with van der Waals surface area (Å²) in [4.78, 5) is 20.1. The van der Waals surface area contributed by atoms with Gasteiger partial charge in [-0.3, -0.25) is 9.78 Å². The molecule has 0 aliphatic rings. The molecule has 1 atom stereocenters. The molecule has 2 aromatic carbocycles. The number of rotatable bonds is 9. The van der Waals surface area contributed by atoms with Gasteiger partial charge < -0.3 is 23.5 Å². The molecule has 0 N–H and O–H groups in total. The number of hydrogen-bond acceptors (Lipinski definition) is 10. The van der Waals surface area contributed by atoms with Crippen LogP contribution in [0.15, 0.2) is 52.6 Å². The van der Waals surface area contributed by atoms with Crippen molar-refractivity contribution in [2.24, 2.45) is 0 Å². The van der Waals surface area contributed by atoms with Gasteiger partial charge >= 0.3 is 11.1 Å². The average molecular weight is 574 g/mol. The number of benzene rings is 2. The second kappa shape index (κ2) is 11.1. The number of methoxy groups -OCH3 is 3. The summed E-state index contributed by atoms with van der Waals surface area (Å²) in [5.41, 5.74) is 2.40. The van der Waals surface area contributed by atoms with Gasteiger partial charge in [-0.2, -0.15) is 8.96 Å². The van der Waals surface area contributed by atoms with Crippen LogP contribution in [0, 0.1) is 13.8 Å². The summed E-state index contributed by atoms with van der Waals surface area (Å²) in [6.07, 6.45) is 1.61. The van der Waals surface area contributed by atoms with Crippen molar-refractivity contribution in [2.75, 3.05) is 21.3 Å². The molecule has 0 spiro atoms. The lowest BCUT2D eigenvalue weighted by molar-refractivity contribution is -0.131. The van der Waals surface area contributed by atoms with Crippen molar-refractivity contribution in [1.82, 2.24) is 13.9 Å². The van der Waals surface area contributed by atoms with Gasteiger partial charge in [0.05, 0.1) is 38.1 Å². The van der Waals surface area contributed by atoms with Gasteiger partial charge in [0.15, 0.2) is 5.75 Å². The summed E-state index contributed by atoms with van der Waals surface area (Å²) in [7, 11) is -0.162. The van der Waals surface area contributed by atoms with E-state index in [4.69, 9.17) is 18.9 Å². The average Bonchev–Trinajstić information content (AvgIpc) is 3.30. The summed E-state index contributed by atoms with van der Waals surface area (Å²) in [6, 6.07) is 8.59. The van der Waals surface area contributed by atoms with Crippen molar-refractivity contribution in [3.63, 3.8) is 0 Å². The van der Waals surface area contributed by atoms with Gasteiger partial charge in [-0.05, 0) is 38.1 Å². The highest BCUT2D eigenvalue weighted by Crippen LogP contribution is 2.35. The first kappa shape index (κ1) is 28.2. The molecule has 0 bridgehead atoms. The van der Waals surface area contributed by atoms with Crippen LogP contribution in [0.1, 0.15) is 23.7 Å². The Morgan fingerprint density at radius 3 is 2.38 bits per heavy atom. The van der Waals surface area contributed by atoms with Crippen molar-refractivity contribution in [3.8, 4) is 23.0 Å². The van der Waals surface area contributed by atoms with E-state index < -0.39 is 27.2 Å². The highest BCUT2D eigenvalue weighted by Gasteiger charge is 2.34. The molecule has 1 unspecified atom stereocenters. The van der Waals surface area contributed by atoms with E-state index >= 15 is 0 Å². The summed E-state index contributed by atoms with van der Waals surface area (Å²) in [5.74, 6) is 0.304. The standard InChI is InChI=1S/C26H27N3O8S2/c1-15-13-27-21(16(2)25(15)36-6)14-38(31)26-28-20-11-18(34-4)7-9-22(20)29(26)39(32,33)24-12-19(37-17(3)30)8-10-23(24)35-5/h7-13H,14H2,1-6H3. The van der Waals surface area contributed by atoms with Crippen molar-refractivity contribution < 1.29 is 36.7 Å². The van der Waals surface area contributed by atoms with E-state index in [9.17, 15) is 17.8 Å². The molecule has 0 saturated carbocycles.